The number of carbonyl (C=O) groups is 1. The van der Waals surface area contributed by atoms with Crippen LogP contribution >= 0.6 is 27.7 Å². The first kappa shape index (κ1) is 18.4. The van der Waals surface area contributed by atoms with E-state index in [0.29, 0.717) is 10.9 Å². The quantitative estimate of drug-likeness (QED) is 0.365. The lowest BCUT2D eigenvalue weighted by Crippen LogP contribution is -1.96. The smallest absolute Gasteiger partial charge is 0.313 e. The average molecular weight is 453 g/mol. The van der Waals surface area contributed by atoms with E-state index in [1.54, 1.807) is 18.2 Å². The maximum atomic E-state index is 12.2. The number of hydrogen-bond donors (Lipinski definition) is 2. The average Bonchev–Trinajstić information content (AvgIpc) is 3.04. The number of fused-ring (bicyclic) bond motifs is 1. The predicted molar refractivity (Wildman–Crippen MR) is 111 cm³/mol. The van der Waals surface area contributed by atoms with Crippen LogP contribution in [0.4, 0.5) is 5.69 Å². The van der Waals surface area contributed by atoms with Crippen LogP contribution < -0.4 is 0 Å². The van der Waals surface area contributed by atoms with Gasteiger partial charge in [-0.05, 0) is 48.5 Å². The van der Waals surface area contributed by atoms with Gasteiger partial charge in [-0.2, -0.15) is 0 Å². The topological polar surface area (TPSA) is 90.7 Å². The summed E-state index contributed by atoms with van der Waals surface area (Å²) in [5, 5.41) is 18.7. The van der Waals surface area contributed by atoms with E-state index in [1.165, 1.54) is 18.0 Å². The number of pyridine rings is 1. The van der Waals surface area contributed by atoms with E-state index in [4.69, 9.17) is 0 Å². The fourth-order valence-electron chi connectivity index (χ4n) is 2.63. The van der Waals surface area contributed by atoms with Gasteiger partial charge in [0, 0.05) is 25.8 Å². The van der Waals surface area contributed by atoms with Crippen LogP contribution in [0.5, 0.6) is 5.88 Å². The van der Waals surface area contributed by atoms with Gasteiger partial charge in [0.1, 0.15) is 5.69 Å². The van der Waals surface area contributed by atoms with Gasteiger partial charge in [0.25, 0.3) is 0 Å². The molecule has 2 heterocycles. The third-order valence-corrected chi connectivity index (χ3v) is 5.50. The van der Waals surface area contributed by atoms with Crippen molar-refractivity contribution < 1.29 is 9.90 Å². The van der Waals surface area contributed by atoms with E-state index < -0.39 is 5.91 Å². The highest BCUT2D eigenvalue weighted by molar-refractivity contribution is 9.10. The maximum Gasteiger partial charge on any atom is 0.313 e. The normalized spacial score (nSPS) is 11.3. The highest BCUT2D eigenvalue weighted by Gasteiger charge is 2.16. The molecule has 0 aliphatic carbocycles. The van der Waals surface area contributed by atoms with Crippen LogP contribution in [0.3, 0.4) is 0 Å². The van der Waals surface area contributed by atoms with Crippen LogP contribution in [0.15, 0.2) is 91.4 Å². The first-order valence-electron chi connectivity index (χ1n) is 8.26. The van der Waals surface area contributed by atoms with E-state index in [9.17, 15) is 9.90 Å². The summed E-state index contributed by atoms with van der Waals surface area (Å²) in [4.78, 5) is 20.9. The van der Waals surface area contributed by atoms with Gasteiger partial charge in [-0.25, -0.2) is 0 Å². The second-order valence-electron chi connectivity index (χ2n) is 5.78. The highest BCUT2D eigenvalue weighted by Crippen LogP contribution is 2.43. The number of aromatic hydroxyl groups is 1. The molecule has 0 atom stereocenters. The van der Waals surface area contributed by atoms with E-state index >= 15 is 0 Å². The summed E-state index contributed by atoms with van der Waals surface area (Å²) < 4.78 is 0.997. The van der Waals surface area contributed by atoms with Gasteiger partial charge in [0.2, 0.25) is 5.88 Å². The Bertz CT molecular complexity index is 1170. The minimum Gasteiger partial charge on any atom is -0.493 e. The first-order valence-corrected chi connectivity index (χ1v) is 9.87. The Morgan fingerprint density at radius 3 is 2.64 bits per heavy atom. The van der Waals surface area contributed by atoms with Crippen molar-refractivity contribution in [1.82, 2.24) is 9.97 Å². The highest BCUT2D eigenvalue weighted by atomic mass is 79.9. The van der Waals surface area contributed by atoms with Crippen LogP contribution in [0, 0.1) is 0 Å². The maximum absolute atomic E-state index is 12.2. The molecular formula is C20H13BrN4O2S. The SMILES string of the molecule is O=C(N=Nc1c(O)[nH]c2cccc(Sc3ccc(Br)cc3)c12)c1ccccn1. The number of nitrogens with zero attached hydrogens (tertiary/aromatic N) is 3. The summed E-state index contributed by atoms with van der Waals surface area (Å²) in [6.45, 7) is 0. The lowest BCUT2D eigenvalue weighted by molar-refractivity contribution is 0.0990. The number of nitrogens with one attached hydrogen (secondary N) is 1. The van der Waals surface area contributed by atoms with Gasteiger partial charge in [0.05, 0.1) is 5.52 Å². The minimum absolute atomic E-state index is 0.142. The molecule has 138 valence electrons. The molecule has 0 unspecified atom stereocenters. The Morgan fingerprint density at radius 1 is 1.07 bits per heavy atom. The van der Waals surface area contributed by atoms with Gasteiger partial charge in [-0.3, -0.25) is 9.78 Å². The van der Waals surface area contributed by atoms with Crippen LogP contribution in [0.25, 0.3) is 10.9 Å². The van der Waals surface area contributed by atoms with Crippen molar-refractivity contribution in [2.45, 2.75) is 9.79 Å². The van der Waals surface area contributed by atoms with E-state index in [2.05, 4.69) is 36.1 Å². The molecular weight excluding hydrogens is 440 g/mol. The number of amides is 1. The first-order chi connectivity index (χ1) is 13.6. The number of carbonyl (C=O) groups excluding carboxylic acids is 1. The summed E-state index contributed by atoms with van der Waals surface area (Å²) in [5.74, 6) is -0.719. The molecule has 0 aliphatic heterocycles. The van der Waals surface area contributed by atoms with Crippen molar-refractivity contribution >= 4 is 50.2 Å². The second kappa shape index (κ2) is 7.95. The van der Waals surface area contributed by atoms with Gasteiger partial charge < -0.3 is 10.1 Å². The number of hydrogen-bond acceptors (Lipinski definition) is 5. The Hall–Kier alpha value is -2.97. The molecule has 2 aromatic heterocycles. The van der Waals surface area contributed by atoms with Crippen molar-refractivity contribution in [2.75, 3.05) is 0 Å². The second-order valence-corrected chi connectivity index (χ2v) is 7.81. The van der Waals surface area contributed by atoms with Crippen molar-refractivity contribution in [1.29, 1.82) is 0 Å². The van der Waals surface area contributed by atoms with Gasteiger partial charge in [-0.15, -0.1) is 10.2 Å². The molecule has 6 nitrogen and oxygen atoms in total. The third kappa shape index (κ3) is 3.83. The molecule has 4 aromatic rings. The number of halogens is 1. The Kier molecular flexibility index (Phi) is 5.23. The van der Waals surface area contributed by atoms with Crippen molar-refractivity contribution in [3.05, 3.63) is 77.0 Å². The molecule has 0 fully saturated rings. The number of azo groups is 1. The Morgan fingerprint density at radius 2 is 1.89 bits per heavy atom. The fourth-order valence-corrected chi connectivity index (χ4v) is 3.88. The summed E-state index contributed by atoms with van der Waals surface area (Å²) in [6, 6.07) is 18.5. The van der Waals surface area contributed by atoms with Gasteiger partial charge >= 0.3 is 5.91 Å². The summed E-state index contributed by atoms with van der Waals surface area (Å²) in [5.41, 5.74) is 1.12. The van der Waals surface area contributed by atoms with Gasteiger partial charge in [0.15, 0.2) is 5.69 Å². The van der Waals surface area contributed by atoms with Crippen molar-refractivity contribution in [3.63, 3.8) is 0 Å². The zero-order chi connectivity index (χ0) is 19.5. The zero-order valence-electron chi connectivity index (χ0n) is 14.3. The Labute approximate surface area is 172 Å². The van der Waals surface area contributed by atoms with E-state index in [0.717, 1.165) is 14.3 Å². The number of H-pyrrole nitrogens is 1. The third-order valence-electron chi connectivity index (χ3n) is 3.91. The lowest BCUT2D eigenvalue weighted by Gasteiger charge is -2.04. The molecule has 0 aliphatic rings. The van der Waals surface area contributed by atoms with Crippen molar-refractivity contribution in [2.24, 2.45) is 10.2 Å². The predicted octanol–water partition coefficient (Wildman–Crippen LogP) is 6.11. The largest absolute Gasteiger partial charge is 0.493 e. The molecule has 0 radical (unpaired) electrons. The summed E-state index contributed by atoms with van der Waals surface area (Å²) in [6.07, 6.45) is 1.51. The molecule has 28 heavy (non-hydrogen) atoms. The summed E-state index contributed by atoms with van der Waals surface area (Å²) >= 11 is 4.96. The molecule has 2 aromatic carbocycles. The minimum atomic E-state index is -0.576. The number of aromatic amines is 1. The van der Waals surface area contributed by atoms with Crippen LogP contribution in [-0.4, -0.2) is 21.0 Å². The molecule has 0 spiro atoms. The lowest BCUT2D eigenvalue weighted by atomic mass is 10.2. The fraction of sp³-hybridized carbons (Fsp3) is 0. The van der Waals surface area contributed by atoms with Crippen molar-refractivity contribution in [3.8, 4) is 5.88 Å². The van der Waals surface area contributed by atoms with E-state index in [1.807, 2.05) is 42.5 Å². The van der Waals surface area contributed by atoms with Crippen LogP contribution in [0.2, 0.25) is 0 Å². The molecule has 0 bridgehead atoms. The van der Waals surface area contributed by atoms with E-state index in [-0.39, 0.29) is 17.3 Å². The monoisotopic (exact) mass is 452 g/mol. The zero-order valence-corrected chi connectivity index (χ0v) is 16.7. The molecule has 2 N–H and O–H groups in total. The van der Waals surface area contributed by atoms with Crippen LogP contribution in [0.1, 0.15) is 10.5 Å². The molecule has 0 saturated carbocycles. The number of aromatic nitrogens is 2. The molecule has 8 heteroatoms. The molecule has 1 amide bonds. The standard InChI is InChI=1S/C20H13BrN4O2S/c21-12-7-9-13(10-8-12)28-16-6-3-5-14-17(16)18(20(27)23-14)24-25-19(26)15-4-1-2-11-22-15/h1-11,23,27H. The Balaban J connectivity index is 1.72. The van der Waals surface area contributed by atoms with Gasteiger partial charge in [-0.1, -0.05) is 39.8 Å². The number of benzene rings is 2. The molecule has 0 saturated heterocycles. The summed E-state index contributed by atoms with van der Waals surface area (Å²) in [7, 11) is 0. The number of rotatable bonds is 4. The molecule has 4 rings (SSSR count). The van der Waals surface area contributed by atoms with Crippen LogP contribution in [-0.2, 0) is 0 Å².